The summed E-state index contributed by atoms with van der Waals surface area (Å²) in [4.78, 5) is 21.3. The van der Waals surface area contributed by atoms with Crippen LogP contribution in [-0.2, 0) is 19.4 Å². The first-order valence-corrected chi connectivity index (χ1v) is 8.86. The molecule has 1 aliphatic rings. The number of fused-ring (bicyclic) bond motifs is 1. The van der Waals surface area contributed by atoms with Crippen LogP contribution in [0.25, 0.3) is 5.69 Å². The molecule has 2 heterocycles. The Morgan fingerprint density at radius 2 is 2.00 bits per heavy atom. The van der Waals surface area contributed by atoms with Crippen LogP contribution >= 0.6 is 0 Å². The highest BCUT2D eigenvalue weighted by atomic mass is 16.1. The molecule has 1 aromatic carbocycles. The molecule has 0 aliphatic heterocycles. The number of amides is 1. The average Bonchev–Trinajstić information content (AvgIpc) is 3.25. The summed E-state index contributed by atoms with van der Waals surface area (Å²) in [5.74, 6) is 0.535. The number of aromatic nitrogens is 4. The molecule has 0 bridgehead atoms. The molecule has 0 saturated heterocycles. The highest BCUT2D eigenvalue weighted by Gasteiger charge is 2.14. The molecule has 4 rings (SSSR count). The summed E-state index contributed by atoms with van der Waals surface area (Å²) in [5, 5.41) is 7.35. The standard InChI is InChI=1S/C20H21N5O/c1-13-10-14(2)25(24-13)17-8-6-15(7-9-17)20(26)22-12-19-21-11-16-4-3-5-18(16)23-19/h6-11H,3-5,12H2,1-2H3,(H,22,26). The summed E-state index contributed by atoms with van der Waals surface area (Å²) in [6, 6.07) is 9.45. The van der Waals surface area contributed by atoms with E-state index < -0.39 is 0 Å². The van der Waals surface area contributed by atoms with E-state index in [2.05, 4.69) is 20.4 Å². The van der Waals surface area contributed by atoms with Crippen LogP contribution in [0.1, 0.15) is 45.2 Å². The fourth-order valence-corrected chi connectivity index (χ4v) is 3.35. The third-order valence-corrected chi connectivity index (χ3v) is 4.65. The second-order valence-electron chi connectivity index (χ2n) is 6.68. The molecular formula is C20H21N5O. The van der Waals surface area contributed by atoms with Gasteiger partial charge in [0.25, 0.3) is 5.91 Å². The number of hydrogen-bond donors (Lipinski definition) is 1. The predicted molar refractivity (Wildman–Crippen MR) is 98.3 cm³/mol. The predicted octanol–water partition coefficient (Wildman–Crippen LogP) is 2.70. The van der Waals surface area contributed by atoms with Gasteiger partial charge in [-0.2, -0.15) is 5.10 Å². The number of nitrogens with one attached hydrogen (secondary N) is 1. The zero-order valence-electron chi connectivity index (χ0n) is 15.0. The summed E-state index contributed by atoms with van der Waals surface area (Å²) in [6.45, 7) is 4.31. The van der Waals surface area contributed by atoms with Gasteiger partial charge in [0, 0.05) is 23.1 Å². The molecule has 1 aliphatic carbocycles. The molecule has 1 N–H and O–H groups in total. The molecule has 26 heavy (non-hydrogen) atoms. The molecule has 0 saturated carbocycles. The van der Waals surface area contributed by atoms with Gasteiger partial charge in [-0.05, 0) is 69.0 Å². The molecule has 0 atom stereocenters. The highest BCUT2D eigenvalue weighted by molar-refractivity contribution is 5.94. The number of carbonyl (C=O) groups excluding carboxylic acids is 1. The maximum absolute atomic E-state index is 12.4. The Labute approximate surface area is 152 Å². The molecule has 0 spiro atoms. The first kappa shape index (κ1) is 16.4. The maximum Gasteiger partial charge on any atom is 0.251 e. The van der Waals surface area contributed by atoms with Crippen molar-refractivity contribution >= 4 is 5.91 Å². The number of rotatable bonds is 4. The van der Waals surface area contributed by atoms with E-state index in [1.165, 1.54) is 5.56 Å². The number of nitrogens with zero attached hydrogens (tertiary/aromatic N) is 4. The summed E-state index contributed by atoms with van der Waals surface area (Å²) in [6.07, 6.45) is 5.09. The molecule has 1 amide bonds. The lowest BCUT2D eigenvalue weighted by molar-refractivity contribution is 0.0950. The first-order valence-electron chi connectivity index (χ1n) is 8.86. The van der Waals surface area contributed by atoms with Crippen LogP contribution < -0.4 is 5.32 Å². The topological polar surface area (TPSA) is 72.7 Å². The van der Waals surface area contributed by atoms with E-state index in [-0.39, 0.29) is 5.91 Å². The van der Waals surface area contributed by atoms with Crippen LogP contribution in [0.4, 0.5) is 0 Å². The minimum Gasteiger partial charge on any atom is -0.345 e. The number of carbonyl (C=O) groups is 1. The molecule has 0 radical (unpaired) electrons. The van der Waals surface area contributed by atoms with Gasteiger partial charge >= 0.3 is 0 Å². The van der Waals surface area contributed by atoms with Gasteiger partial charge in [-0.1, -0.05) is 0 Å². The van der Waals surface area contributed by atoms with Gasteiger partial charge in [0.05, 0.1) is 17.9 Å². The molecule has 132 valence electrons. The normalized spacial score (nSPS) is 12.8. The molecular weight excluding hydrogens is 326 g/mol. The van der Waals surface area contributed by atoms with E-state index in [4.69, 9.17) is 0 Å². The SMILES string of the molecule is Cc1cc(C)n(-c2ccc(C(=O)NCc3ncc4c(n3)CCC4)cc2)n1. The largest absolute Gasteiger partial charge is 0.345 e. The van der Waals surface area contributed by atoms with E-state index in [1.807, 2.05) is 55.1 Å². The van der Waals surface area contributed by atoms with Gasteiger partial charge in [0.2, 0.25) is 0 Å². The third kappa shape index (κ3) is 3.22. The van der Waals surface area contributed by atoms with Crippen molar-refractivity contribution in [1.29, 1.82) is 0 Å². The Kier molecular flexibility index (Phi) is 4.24. The van der Waals surface area contributed by atoms with Crippen molar-refractivity contribution in [2.45, 2.75) is 39.7 Å². The number of hydrogen-bond acceptors (Lipinski definition) is 4. The van der Waals surface area contributed by atoms with Crippen LogP contribution in [-0.4, -0.2) is 25.7 Å². The summed E-state index contributed by atoms with van der Waals surface area (Å²) < 4.78 is 1.87. The first-order chi connectivity index (χ1) is 12.6. The average molecular weight is 347 g/mol. The van der Waals surface area contributed by atoms with Crippen LogP contribution in [0, 0.1) is 13.8 Å². The van der Waals surface area contributed by atoms with Crippen molar-refractivity contribution in [2.24, 2.45) is 0 Å². The number of benzene rings is 1. The Morgan fingerprint density at radius 3 is 2.73 bits per heavy atom. The summed E-state index contributed by atoms with van der Waals surface area (Å²) in [7, 11) is 0. The van der Waals surface area contributed by atoms with Crippen molar-refractivity contribution in [2.75, 3.05) is 0 Å². The zero-order chi connectivity index (χ0) is 18.1. The van der Waals surface area contributed by atoms with E-state index in [0.717, 1.165) is 42.0 Å². The van der Waals surface area contributed by atoms with Crippen molar-refractivity contribution in [3.05, 3.63) is 70.6 Å². The van der Waals surface area contributed by atoms with E-state index in [0.29, 0.717) is 17.9 Å². The molecule has 6 nitrogen and oxygen atoms in total. The monoisotopic (exact) mass is 347 g/mol. The lowest BCUT2D eigenvalue weighted by atomic mass is 10.2. The minimum atomic E-state index is -0.131. The Morgan fingerprint density at radius 1 is 1.19 bits per heavy atom. The fraction of sp³-hybridized carbons (Fsp3) is 0.300. The van der Waals surface area contributed by atoms with Crippen molar-refractivity contribution in [1.82, 2.24) is 25.1 Å². The van der Waals surface area contributed by atoms with Crippen LogP contribution in [0.15, 0.2) is 36.5 Å². The second-order valence-corrected chi connectivity index (χ2v) is 6.68. The van der Waals surface area contributed by atoms with Crippen LogP contribution in [0.3, 0.4) is 0 Å². The Balaban J connectivity index is 1.42. The summed E-state index contributed by atoms with van der Waals surface area (Å²) in [5.41, 5.74) is 5.94. The second kappa shape index (κ2) is 6.71. The van der Waals surface area contributed by atoms with Crippen molar-refractivity contribution < 1.29 is 4.79 Å². The van der Waals surface area contributed by atoms with Crippen LogP contribution in [0.5, 0.6) is 0 Å². The van der Waals surface area contributed by atoms with Gasteiger partial charge < -0.3 is 5.32 Å². The number of aryl methyl sites for hydroxylation is 4. The lowest BCUT2D eigenvalue weighted by Gasteiger charge is -2.08. The molecule has 0 fully saturated rings. The molecule has 0 unspecified atom stereocenters. The van der Waals surface area contributed by atoms with Crippen LogP contribution in [0.2, 0.25) is 0 Å². The van der Waals surface area contributed by atoms with Gasteiger partial charge in [-0.25, -0.2) is 14.6 Å². The Hall–Kier alpha value is -3.02. The molecule has 3 aromatic rings. The summed E-state index contributed by atoms with van der Waals surface area (Å²) >= 11 is 0. The quantitative estimate of drug-likeness (QED) is 0.787. The van der Waals surface area contributed by atoms with E-state index >= 15 is 0 Å². The lowest BCUT2D eigenvalue weighted by Crippen LogP contribution is -2.24. The van der Waals surface area contributed by atoms with E-state index in [1.54, 1.807) is 0 Å². The Bertz CT molecular complexity index is 959. The van der Waals surface area contributed by atoms with Gasteiger partial charge in [-0.3, -0.25) is 4.79 Å². The fourth-order valence-electron chi connectivity index (χ4n) is 3.35. The minimum absolute atomic E-state index is 0.131. The van der Waals surface area contributed by atoms with Crippen molar-refractivity contribution in [3.63, 3.8) is 0 Å². The smallest absolute Gasteiger partial charge is 0.251 e. The molecule has 6 heteroatoms. The zero-order valence-corrected chi connectivity index (χ0v) is 15.0. The van der Waals surface area contributed by atoms with E-state index in [9.17, 15) is 4.79 Å². The van der Waals surface area contributed by atoms with Gasteiger partial charge in [0.1, 0.15) is 5.82 Å². The molecule has 2 aromatic heterocycles. The van der Waals surface area contributed by atoms with Gasteiger partial charge in [0.15, 0.2) is 0 Å². The van der Waals surface area contributed by atoms with Gasteiger partial charge in [-0.15, -0.1) is 0 Å². The highest BCUT2D eigenvalue weighted by Crippen LogP contribution is 2.18. The third-order valence-electron chi connectivity index (χ3n) is 4.65. The van der Waals surface area contributed by atoms with Crippen molar-refractivity contribution in [3.8, 4) is 5.69 Å². The maximum atomic E-state index is 12.4.